The van der Waals surface area contributed by atoms with E-state index in [0.717, 1.165) is 21.3 Å². The number of nitrogens with zero attached hydrogens (tertiary/aromatic N) is 5. The van der Waals surface area contributed by atoms with Crippen molar-refractivity contribution in [2.24, 2.45) is 5.92 Å². The van der Waals surface area contributed by atoms with Crippen LogP contribution in [0.4, 0.5) is 0 Å². The van der Waals surface area contributed by atoms with Gasteiger partial charge in [-0.3, -0.25) is 14.5 Å². The van der Waals surface area contributed by atoms with Crippen LogP contribution in [0, 0.1) is 12.8 Å². The predicted octanol–water partition coefficient (Wildman–Crippen LogP) is 3.85. The van der Waals surface area contributed by atoms with Crippen LogP contribution >= 0.6 is 11.3 Å². The molecule has 0 aliphatic carbocycles. The van der Waals surface area contributed by atoms with Crippen molar-refractivity contribution < 1.29 is 9.53 Å². The van der Waals surface area contributed by atoms with Crippen LogP contribution in [-0.4, -0.2) is 42.7 Å². The Morgan fingerprint density at radius 1 is 1.23 bits per heavy atom. The fourth-order valence-electron chi connectivity index (χ4n) is 4.30. The summed E-state index contributed by atoms with van der Waals surface area (Å²) in [6.07, 6.45) is 0. The SMILES string of the molecule is CCOC(=O)Cn1nnnc1[C@H](C(C)C)N(Cc1cccs1)Cc1cc2ccc(C)cc2[nH]c1=O. The largest absolute Gasteiger partial charge is 0.465 e. The molecule has 10 heteroatoms. The molecule has 4 rings (SSSR count). The van der Waals surface area contributed by atoms with Gasteiger partial charge in [0.05, 0.1) is 12.6 Å². The minimum absolute atomic E-state index is 0.0673. The van der Waals surface area contributed by atoms with E-state index in [-0.39, 0.29) is 24.1 Å². The fraction of sp³-hybridized carbons (Fsp3) is 0.400. The number of nitrogens with one attached hydrogen (secondary N) is 1. The third-order valence-corrected chi connectivity index (χ3v) is 6.69. The second kappa shape index (κ2) is 10.9. The lowest BCUT2D eigenvalue weighted by Crippen LogP contribution is -2.35. The number of fused-ring (bicyclic) bond motifs is 1. The van der Waals surface area contributed by atoms with Gasteiger partial charge in [-0.05, 0) is 64.7 Å². The van der Waals surface area contributed by atoms with Crippen molar-refractivity contribution in [2.45, 2.75) is 53.4 Å². The Morgan fingerprint density at radius 3 is 2.77 bits per heavy atom. The minimum atomic E-state index is -0.394. The van der Waals surface area contributed by atoms with Gasteiger partial charge in [0.2, 0.25) is 0 Å². The fourth-order valence-corrected chi connectivity index (χ4v) is 5.03. The van der Waals surface area contributed by atoms with E-state index in [1.54, 1.807) is 18.3 Å². The molecule has 0 unspecified atom stereocenters. The zero-order chi connectivity index (χ0) is 24.9. The van der Waals surface area contributed by atoms with Crippen LogP contribution in [0.3, 0.4) is 0 Å². The zero-order valence-corrected chi connectivity index (χ0v) is 21.2. The van der Waals surface area contributed by atoms with Gasteiger partial charge < -0.3 is 9.72 Å². The van der Waals surface area contributed by atoms with Gasteiger partial charge >= 0.3 is 5.97 Å². The van der Waals surface area contributed by atoms with Crippen molar-refractivity contribution in [3.05, 3.63) is 74.0 Å². The first kappa shape index (κ1) is 24.7. The van der Waals surface area contributed by atoms with Crippen molar-refractivity contribution in [1.29, 1.82) is 0 Å². The van der Waals surface area contributed by atoms with E-state index in [0.29, 0.717) is 31.1 Å². The summed E-state index contributed by atoms with van der Waals surface area (Å²) in [6.45, 7) is 9.17. The maximum atomic E-state index is 13.1. The Morgan fingerprint density at radius 2 is 2.06 bits per heavy atom. The van der Waals surface area contributed by atoms with Crippen LogP contribution in [0.15, 0.2) is 46.6 Å². The van der Waals surface area contributed by atoms with Crippen molar-refractivity contribution in [3.63, 3.8) is 0 Å². The average Bonchev–Trinajstić information content (AvgIpc) is 3.47. The van der Waals surface area contributed by atoms with Gasteiger partial charge in [0.1, 0.15) is 6.54 Å². The second-order valence-electron chi connectivity index (χ2n) is 8.89. The van der Waals surface area contributed by atoms with Crippen LogP contribution in [0.1, 0.15) is 48.6 Å². The molecule has 0 spiro atoms. The van der Waals surface area contributed by atoms with Crippen LogP contribution < -0.4 is 5.56 Å². The summed E-state index contributed by atoms with van der Waals surface area (Å²) in [6, 6.07) is 11.8. The molecule has 3 aromatic heterocycles. The number of thiophene rings is 1. The number of hydrogen-bond acceptors (Lipinski definition) is 8. The number of aryl methyl sites for hydroxylation is 1. The van der Waals surface area contributed by atoms with Crippen LogP contribution in [0.25, 0.3) is 10.9 Å². The summed E-state index contributed by atoms with van der Waals surface area (Å²) in [4.78, 5) is 31.6. The van der Waals surface area contributed by atoms with E-state index < -0.39 is 5.97 Å². The molecule has 0 saturated heterocycles. The summed E-state index contributed by atoms with van der Waals surface area (Å²) in [5.74, 6) is 0.274. The Labute approximate surface area is 207 Å². The maximum absolute atomic E-state index is 13.1. The molecule has 0 fully saturated rings. The number of esters is 1. The van der Waals surface area contributed by atoms with E-state index >= 15 is 0 Å². The number of aromatic amines is 1. The first-order chi connectivity index (χ1) is 16.9. The molecule has 1 N–H and O–H groups in total. The lowest BCUT2D eigenvalue weighted by atomic mass is 10.00. The Hall–Kier alpha value is -3.37. The highest BCUT2D eigenvalue weighted by molar-refractivity contribution is 7.09. The van der Waals surface area contributed by atoms with Crippen molar-refractivity contribution in [3.8, 4) is 0 Å². The lowest BCUT2D eigenvalue weighted by molar-refractivity contribution is -0.144. The van der Waals surface area contributed by atoms with Gasteiger partial charge in [0, 0.05) is 29.0 Å². The molecule has 0 amide bonds. The standard InChI is InChI=1S/C25H30N6O3S/c1-5-34-22(32)15-31-24(27-28-29-31)23(16(2)3)30(14-20-7-6-10-35-20)13-19-12-18-9-8-17(4)11-21(18)26-25(19)33/h6-12,16,23H,5,13-15H2,1-4H3,(H,26,33)/t23-/m0/s1. The van der Waals surface area contributed by atoms with E-state index in [1.807, 2.05) is 42.6 Å². The molecule has 4 aromatic rings. The van der Waals surface area contributed by atoms with Gasteiger partial charge in [-0.1, -0.05) is 32.0 Å². The van der Waals surface area contributed by atoms with Gasteiger partial charge in [0.15, 0.2) is 5.82 Å². The summed E-state index contributed by atoms with van der Waals surface area (Å²) in [5, 5.41) is 15.2. The summed E-state index contributed by atoms with van der Waals surface area (Å²) >= 11 is 1.66. The van der Waals surface area contributed by atoms with Gasteiger partial charge in [0.25, 0.3) is 5.56 Å². The van der Waals surface area contributed by atoms with E-state index in [2.05, 4.69) is 45.3 Å². The topological polar surface area (TPSA) is 106 Å². The van der Waals surface area contributed by atoms with Crippen molar-refractivity contribution >= 4 is 28.2 Å². The third kappa shape index (κ3) is 5.83. The van der Waals surface area contributed by atoms with Crippen LogP contribution in [0.2, 0.25) is 0 Å². The lowest BCUT2D eigenvalue weighted by Gasteiger charge is -2.33. The quantitative estimate of drug-likeness (QED) is 0.334. The molecular weight excluding hydrogens is 464 g/mol. The number of carbonyl (C=O) groups is 1. The maximum Gasteiger partial charge on any atom is 0.327 e. The summed E-state index contributed by atoms with van der Waals surface area (Å²) in [5.41, 5.74) is 2.46. The first-order valence-electron chi connectivity index (χ1n) is 11.7. The Bertz CT molecular complexity index is 1350. The molecule has 0 bridgehead atoms. The van der Waals surface area contributed by atoms with Gasteiger partial charge in [-0.2, -0.15) is 0 Å². The zero-order valence-electron chi connectivity index (χ0n) is 20.4. The smallest absolute Gasteiger partial charge is 0.327 e. The Kier molecular flexibility index (Phi) is 7.72. The number of carbonyl (C=O) groups excluding carboxylic acids is 1. The van der Waals surface area contributed by atoms with Gasteiger partial charge in [-0.25, -0.2) is 4.68 Å². The van der Waals surface area contributed by atoms with Crippen molar-refractivity contribution in [1.82, 2.24) is 30.1 Å². The van der Waals surface area contributed by atoms with Crippen LogP contribution in [0.5, 0.6) is 0 Å². The van der Waals surface area contributed by atoms with E-state index in [9.17, 15) is 9.59 Å². The van der Waals surface area contributed by atoms with Crippen LogP contribution in [-0.2, 0) is 29.2 Å². The highest BCUT2D eigenvalue weighted by Crippen LogP contribution is 2.31. The second-order valence-corrected chi connectivity index (χ2v) is 9.92. The molecule has 184 valence electrons. The number of H-pyrrole nitrogens is 1. The molecule has 9 nitrogen and oxygen atoms in total. The molecule has 0 radical (unpaired) electrons. The van der Waals surface area contributed by atoms with Gasteiger partial charge in [-0.15, -0.1) is 16.4 Å². The van der Waals surface area contributed by atoms with Crippen molar-refractivity contribution in [2.75, 3.05) is 6.61 Å². The average molecular weight is 495 g/mol. The highest BCUT2D eigenvalue weighted by atomic mass is 32.1. The molecule has 1 atom stereocenters. The minimum Gasteiger partial charge on any atom is -0.465 e. The third-order valence-electron chi connectivity index (χ3n) is 5.82. The normalized spacial score (nSPS) is 12.5. The summed E-state index contributed by atoms with van der Waals surface area (Å²) in [7, 11) is 0. The van der Waals surface area contributed by atoms with E-state index in [1.165, 1.54) is 4.68 Å². The molecule has 1 aromatic carbocycles. The highest BCUT2D eigenvalue weighted by Gasteiger charge is 2.31. The molecule has 3 heterocycles. The number of aromatic nitrogens is 5. The number of pyridine rings is 1. The monoisotopic (exact) mass is 494 g/mol. The molecule has 35 heavy (non-hydrogen) atoms. The molecule has 0 aliphatic rings. The molecule has 0 saturated carbocycles. The summed E-state index contributed by atoms with van der Waals surface area (Å²) < 4.78 is 6.60. The van der Waals surface area contributed by atoms with E-state index in [4.69, 9.17) is 4.74 Å². The number of hydrogen-bond donors (Lipinski definition) is 1. The number of tetrazole rings is 1. The molecule has 0 aliphatic heterocycles. The first-order valence-corrected chi connectivity index (χ1v) is 12.5. The molecular formula is C25H30N6O3S. The number of benzene rings is 1. The number of ether oxygens (including phenoxy) is 1. The Balaban J connectivity index is 1.73. The number of rotatable bonds is 10. The predicted molar refractivity (Wildman–Crippen MR) is 135 cm³/mol.